The van der Waals surface area contributed by atoms with E-state index in [0.29, 0.717) is 12.5 Å². The van der Waals surface area contributed by atoms with Crippen LogP contribution < -0.4 is 14.8 Å². The van der Waals surface area contributed by atoms with Crippen LogP contribution >= 0.6 is 0 Å². The van der Waals surface area contributed by atoms with Crippen LogP contribution in [0.3, 0.4) is 0 Å². The van der Waals surface area contributed by atoms with E-state index in [2.05, 4.69) is 10.2 Å². The van der Waals surface area contributed by atoms with Crippen molar-refractivity contribution in [1.82, 2.24) is 10.2 Å². The minimum atomic E-state index is -0.149. The Morgan fingerprint density at radius 1 is 1.35 bits per heavy atom. The van der Waals surface area contributed by atoms with Crippen molar-refractivity contribution in [1.29, 1.82) is 0 Å². The lowest BCUT2D eigenvalue weighted by Crippen LogP contribution is -2.48. The number of aliphatic hydroxyl groups excluding tert-OH is 1. The van der Waals surface area contributed by atoms with Gasteiger partial charge in [-0.1, -0.05) is 6.07 Å². The van der Waals surface area contributed by atoms with E-state index in [4.69, 9.17) is 9.47 Å². The molecule has 0 unspecified atom stereocenters. The van der Waals surface area contributed by atoms with Gasteiger partial charge in [0.1, 0.15) is 0 Å². The maximum absolute atomic E-state index is 12.3. The molecule has 23 heavy (non-hydrogen) atoms. The fourth-order valence-electron chi connectivity index (χ4n) is 3.08. The summed E-state index contributed by atoms with van der Waals surface area (Å²) < 4.78 is 10.6. The maximum atomic E-state index is 12.3. The highest BCUT2D eigenvalue weighted by Gasteiger charge is 2.26. The number of aliphatic hydroxyl groups is 1. The standard InChI is InChI=1S/C17H24N2O4/c1-12(19-6-4-13(10-20)5-7-19)17(21)18-9-14-2-3-15-16(8-14)23-11-22-15/h2-3,8,12-13,20H,4-7,9-11H2,1H3,(H,18,21)/t12-/m0/s1. The van der Waals surface area contributed by atoms with Crippen molar-refractivity contribution >= 4 is 5.91 Å². The molecule has 6 nitrogen and oxygen atoms in total. The number of hydrogen-bond donors (Lipinski definition) is 2. The van der Waals surface area contributed by atoms with E-state index < -0.39 is 0 Å². The van der Waals surface area contributed by atoms with Crippen LogP contribution in [-0.2, 0) is 11.3 Å². The van der Waals surface area contributed by atoms with Crippen LogP contribution in [0.1, 0.15) is 25.3 Å². The molecule has 2 aliphatic heterocycles. The normalized spacial score (nSPS) is 19.6. The molecule has 1 fully saturated rings. The molecule has 3 rings (SSSR count). The summed E-state index contributed by atoms with van der Waals surface area (Å²) in [6, 6.07) is 5.56. The van der Waals surface area contributed by atoms with Gasteiger partial charge in [-0.2, -0.15) is 0 Å². The van der Waals surface area contributed by atoms with Gasteiger partial charge in [0.25, 0.3) is 0 Å². The van der Waals surface area contributed by atoms with E-state index in [1.165, 1.54) is 0 Å². The van der Waals surface area contributed by atoms with Crippen molar-refractivity contribution in [3.63, 3.8) is 0 Å². The quantitative estimate of drug-likeness (QED) is 0.851. The first-order valence-electron chi connectivity index (χ1n) is 8.18. The highest BCUT2D eigenvalue weighted by Crippen LogP contribution is 2.32. The van der Waals surface area contributed by atoms with Crippen LogP contribution in [0.15, 0.2) is 18.2 Å². The zero-order valence-electron chi connectivity index (χ0n) is 13.5. The van der Waals surface area contributed by atoms with Crippen LogP contribution in [0.4, 0.5) is 0 Å². The summed E-state index contributed by atoms with van der Waals surface area (Å²) >= 11 is 0. The number of nitrogens with one attached hydrogen (secondary N) is 1. The van der Waals surface area contributed by atoms with Crippen molar-refractivity contribution in [2.75, 3.05) is 26.5 Å². The molecular weight excluding hydrogens is 296 g/mol. The van der Waals surface area contributed by atoms with Gasteiger partial charge in [0.2, 0.25) is 12.7 Å². The molecule has 2 heterocycles. The van der Waals surface area contributed by atoms with Gasteiger partial charge in [-0.15, -0.1) is 0 Å². The van der Waals surface area contributed by atoms with E-state index >= 15 is 0 Å². The van der Waals surface area contributed by atoms with E-state index in [9.17, 15) is 9.90 Å². The largest absolute Gasteiger partial charge is 0.454 e. The summed E-state index contributed by atoms with van der Waals surface area (Å²) in [6.45, 7) is 4.65. The number of hydrogen-bond acceptors (Lipinski definition) is 5. The second-order valence-corrected chi connectivity index (χ2v) is 6.24. The van der Waals surface area contributed by atoms with Crippen molar-refractivity contribution in [2.24, 2.45) is 5.92 Å². The minimum absolute atomic E-state index is 0.0325. The summed E-state index contributed by atoms with van der Waals surface area (Å²) in [4.78, 5) is 14.5. The third-order valence-corrected chi connectivity index (χ3v) is 4.74. The first-order chi connectivity index (χ1) is 11.2. The third kappa shape index (κ3) is 3.76. The monoisotopic (exact) mass is 320 g/mol. The summed E-state index contributed by atoms with van der Waals surface area (Å²) in [5.41, 5.74) is 0.994. The number of rotatable bonds is 5. The molecule has 0 spiro atoms. The molecule has 1 aromatic carbocycles. The fourth-order valence-corrected chi connectivity index (χ4v) is 3.08. The van der Waals surface area contributed by atoms with Crippen molar-refractivity contribution in [2.45, 2.75) is 32.4 Å². The molecule has 6 heteroatoms. The minimum Gasteiger partial charge on any atom is -0.454 e. The Kier molecular flexibility index (Phi) is 5.03. The SMILES string of the molecule is C[C@@H](C(=O)NCc1ccc2c(c1)OCO2)N1CCC(CO)CC1. The molecule has 0 aliphatic carbocycles. The number of fused-ring (bicyclic) bond motifs is 1. The first-order valence-corrected chi connectivity index (χ1v) is 8.18. The molecule has 1 aromatic rings. The smallest absolute Gasteiger partial charge is 0.237 e. The number of amides is 1. The number of likely N-dealkylation sites (tertiary alicyclic amines) is 1. The number of ether oxygens (including phenoxy) is 2. The molecule has 1 amide bonds. The predicted octanol–water partition coefficient (Wildman–Crippen LogP) is 1.12. The van der Waals surface area contributed by atoms with Gasteiger partial charge in [0.15, 0.2) is 11.5 Å². The summed E-state index contributed by atoms with van der Waals surface area (Å²) in [5, 5.41) is 12.2. The van der Waals surface area contributed by atoms with Gasteiger partial charge in [0, 0.05) is 13.2 Å². The number of piperidine rings is 1. The van der Waals surface area contributed by atoms with E-state index in [-0.39, 0.29) is 25.3 Å². The average Bonchev–Trinajstić information content (AvgIpc) is 3.06. The van der Waals surface area contributed by atoms with Crippen LogP contribution in [0, 0.1) is 5.92 Å². The highest BCUT2D eigenvalue weighted by atomic mass is 16.7. The Balaban J connectivity index is 1.49. The van der Waals surface area contributed by atoms with Gasteiger partial charge in [-0.25, -0.2) is 0 Å². The molecule has 0 aromatic heterocycles. The van der Waals surface area contributed by atoms with E-state index in [1.54, 1.807) is 0 Å². The average molecular weight is 320 g/mol. The molecular formula is C17H24N2O4. The summed E-state index contributed by atoms with van der Waals surface area (Å²) in [6.07, 6.45) is 1.91. The number of carbonyl (C=O) groups excluding carboxylic acids is 1. The Morgan fingerprint density at radius 2 is 2.09 bits per heavy atom. The van der Waals surface area contributed by atoms with Gasteiger partial charge in [-0.3, -0.25) is 9.69 Å². The van der Waals surface area contributed by atoms with Crippen molar-refractivity contribution < 1.29 is 19.4 Å². The number of carbonyl (C=O) groups is 1. The highest BCUT2D eigenvalue weighted by molar-refractivity contribution is 5.81. The van der Waals surface area contributed by atoms with Gasteiger partial charge < -0.3 is 19.9 Å². The molecule has 126 valence electrons. The first kappa shape index (κ1) is 16.1. The Bertz CT molecular complexity index is 556. The van der Waals surface area contributed by atoms with E-state index in [0.717, 1.165) is 43.0 Å². The predicted molar refractivity (Wildman–Crippen MR) is 85.3 cm³/mol. The van der Waals surface area contributed by atoms with Gasteiger partial charge >= 0.3 is 0 Å². The maximum Gasteiger partial charge on any atom is 0.237 e. The van der Waals surface area contributed by atoms with Crippen LogP contribution in [0.25, 0.3) is 0 Å². The topological polar surface area (TPSA) is 71.0 Å². The molecule has 0 bridgehead atoms. The number of nitrogens with zero attached hydrogens (tertiary/aromatic N) is 1. The van der Waals surface area contributed by atoms with Gasteiger partial charge in [0.05, 0.1) is 6.04 Å². The fraction of sp³-hybridized carbons (Fsp3) is 0.588. The van der Waals surface area contributed by atoms with Crippen molar-refractivity contribution in [3.05, 3.63) is 23.8 Å². The van der Waals surface area contributed by atoms with Crippen molar-refractivity contribution in [3.8, 4) is 11.5 Å². The van der Waals surface area contributed by atoms with Crippen LogP contribution in [-0.4, -0.2) is 48.4 Å². The Morgan fingerprint density at radius 3 is 2.83 bits per heavy atom. The third-order valence-electron chi connectivity index (χ3n) is 4.74. The molecule has 1 atom stereocenters. The van der Waals surface area contributed by atoms with E-state index in [1.807, 2.05) is 25.1 Å². The Labute approximate surface area is 136 Å². The lowest BCUT2D eigenvalue weighted by molar-refractivity contribution is -0.126. The molecule has 0 saturated carbocycles. The zero-order valence-corrected chi connectivity index (χ0v) is 13.5. The molecule has 2 aliphatic rings. The molecule has 2 N–H and O–H groups in total. The Hall–Kier alpha value is -1.79. The second kappa shape index (κ2) is 7.19. The second-order valence-electron chi connectivity index (χ2n) is 6.24. The summed E-state index contributed by atoms with van der Waals surface area (Å²) in [5.74, 6) is 1.90. The lowest BCUT2D eigenvalue weighted by Gasteiger charge is -2.34. The van der Waals surface area contributed by atoms with Crippen LogP contribution in [0.5, 0.6) is 11.5 Å². The van der Waals surface area contributed by atoms with Gasteiger partial charge in [-0.05, 0) is 56.5 Å². The lowest BCUT2D eigenvalue weighted by atomic mass is 9.97. The molecule has 0 radical (unpaired) electrons. The zero-order chi connectivity index (χ0) is 16.2. The molecule has 1 saturated heterocycles. The summed E-state index contributed by atoms with van der Waals surface area (Å²) in [7, 11) is 0. The van der Waals surface area contributed by atoms with Crippen LogP contribution in [0.2, 0.25) is 0 Å². The number of benzene rings is 1.